The first-order chi connectivity index (χ1) is 12.6. The standard InChI is InChI=1S/C22H42O4/c1-5-19(20(6-2)22(24)26-8-4)17-15-13-11-9-10-12-14-16-18-21(23)25-7-3/h19-20H,5-18H2,1-4H3. The van der Waals surface area contributed by atoms with E-state index in [9.17, 15) is 9.59 Å². The molecule has 0 amide bonds. The number of hydrogen-bond donors (Lipinski definition) is 0. The van der Waals surface area contributed by atoms with E-state index in [2.05, 4.69) is 13.8 Å². The zero-order valence-electron chi connectivity index (χ0n) is 17.7. The van der Waals surface area contributed by atoms with Crippen molar-refractivity contribution >= 4 is 11.9 Å². The summed E-state index contributed by atoms with van der Waals surface area (Å²) in [5, 5.41) is 0. The van der Waals surface area contributed by atoms with E-state index in [4.69, 9.17) is 9.47 Å². The molecule has 0 aliphatic heterocycles. The fraction of sp³-hybridized carbons (Fsp3) is 0.909. The maximum absolute atomic E-state index is 12.1. The van der Waals surface area contributed by atoms with Crippen molar-refractivity contribution in [1.82, 2.24) is 0 Å². The van der Waals surface area contributed by atoms with Crippen LogP contribution in [-0.2, 0) is 19.1 Å². The van der Waals surface area contributed by atoms with Gasteiger partial charge in [0.1, 0.15) is 0 Å². The van der Waals surface area contributed by atoms with Crippen molar-refractivity contribution in [3.8, 4) is 0 Å². The van der Waals surface area contributed by atoms with Crippen molar-refractivity contribution in [2.45, 2.75) is 105 Å². The van der Waals surface area contributed by atoms with Gasteiger partial charge in [-0.2, -0.15) is 0 Å². The predicted molar refractivity (Wildman–Crippen MR) is 107 cm³/mol. The molecule has 0 rings (SSSR count). The summed E-state index contributed by atoms with van der Waals surface area (Å²) in [4.78, 5) is 23.3. The molecule has 0 aromatic rings. The van der Waals surface area contributed by atoms with E-state index in [1.54, 1.807) is 0 Å². The maximum atomic E-state index is 12.1. The quantitative estimate of drug-likeness (QED) is 0.230. The molecule has 4 nitrogen and oxygen atoms in total. The Labute approximate surface area is 161 Å². The van der Waals surface area contributed by atoms with Crippen molar-refractivity contribution in [3.63, 3.8) is 0 Å². The Balaban J connectivity index is 3.68. The monoisotopic (exact) mass is 370 g/mol. The van der Waals surface area contributed by atoms with Crippen LogP contribution in [0.4, 0.5) is 0 Å². The van der Waals surface area contributed by atoms with Crippen LogP contribution in [0.25, 0.3) is 0 Å². The van der Waals surface area contributed by atoms with Gasteiger partial charge in [0, 0.05) is 6.42 Å². The third-order valence-corrected chi connectivity index (χ3v) is 5.13. The van der Waals surface area contributed by atoms with E-state index < -0.39 is 0 Å². The molecule has 0 spiro atoms. The van der Waals surface area contributed by atoms with Gasteiger partial charge in [-0.25, -0.2) is 0 Å². The van der Waals surface area contributed by atoms with Crippen LogP contribution in [-0.4, -0.2) is 25.2 Å². The second-order valence-corrected chi connectivity index (χ2v) is 7.11. The SMILES string of the molecule is CCOC(=O)CCCCCCCCCCC(CC)C(CC)C(=O)OCC. The second kappa shape index (κ2) is 17.4. The van der Waals surface area contributed by atoms with Crippen LogP contribution in [0.15, 0.2) is 0 Å². The van der Waals surface area contributed by atoms with Crippen LogP contribution >= 0.6 is 0 Å². The zero-order chi connectivity index (χ0) is 19.6. The molecule has 0 heterocycles. The lowest BCUT2D eigenvalue weighted by molar-refractivity contribution is -0.150. The lowest BCUT2D eigenvalue weighted by Gasteiger charge is -2.23. The van der Waals surface area contributed by atoms with Gasteiger partial charge in [-0.05, 0) is 39.0 Å². The number of ether oxygens (including phenoxy) is 2. The summed E-state index contributed by atoms with van der Waals surface area (Å²) in [6.07, 6.45) is 13.1. The summed E-state index contributed by atoms with van der Waals surface area (Å²) in [6, 6.07) is 0. The Kier molecular flexibility index (Phi) is 16.7. The highest BCUT2D eigenvalue weighted by molar-refractivity contribution is 5.72. The number of unbranched alkanes of at least 4 members (excludes halogenated alkanes) is 7. The first-order valence-electron chi connectivity index (χ1n) is 10.9. The van der Waals surface area contributed by atoms with Crippen molar-refractivity contribution in [2.75, 3.05) is 13.2 Å². The Morgan fingerprint density at radius 2 is 1.23 bits per heavy atom. The predicted octanol–water partition coefficient (Wildman–Crippen LogP) is 6.07. The molecule has 0 aliphatic carbocycles. The lowest BCUT2D eigenvalue weighted by Crippen LogP contribution is -2.25. The topological polar surface area (TPSA) is 52.6 Å². The first-order valence-corrected chi connectivity index (χ1v) is 10.9. The van der Waals surface area contributed by atoms with Crippen molar-refractivity contribution < 1.29 is 19.1 Å². The van der Waals surface area contributed by atoms with Crippen LogP contribution < -0.4 is 0 Å². The average molecular weight is 371 g/mol. The van der Waals surface area contributed by atoms with E-state index in [0.717, 1.165) is 32.1 Å². The molecule has 0 aromatic heterocycles. The number of esters is 2. The molecule has 0 fully saturated rings. The summed E-state index contributed by atoms with van der Waals surface area (Å²) in [6.45, 7) is 8.96. The maximum Gasteiger partial charge on any atom is 0.309 e. The lowest BCUT2D eigenvalue weighted by atomic mass is 9.84. The summed E-state index contributed by atoms with van der Waals surface area (Å²) in [7, 11) is 0. The minimum Gasteiger partial charge on any atom is -0.466 e. The Morgan fingerprint density at radius 3 is 1.73 bits per heavy atom. The third kappa shape index (κ3) is 12.3. The molecular formula is C22H42O4. The fourth-order valence-electron chi connectivity index (χ4n) is 3.60. The van der Waals surface area contributed by atoms with Gasteiger partial charge in [0.15, 0.2) is 0 Å². The van der Waals surface area contributed by atoms with Crippen molar-refractivity contribution in [2.24, 2.45) is 11.8 Å². The molecule has 0 aromatic carbocycles. The molecule has 0 bridgehead atoms. The smallest absolute Gasteiger partial charge is 0.309 e. The summed E-state index contributed by atoms with van der Waals surface area (Å²) in [5.74, 6) is 0.456. The summed E-state index contributed by atoms with van der Waals surface area (Å²) < 4.78 is 10.2. The van der Waals surface area contributed by atoms with Gasteiger partial charge in [-0.3, -0.25) is 9.59 Å². The van der Waals surface area contributed by atoms with Crippen molar-refractivity contribution in [1.29, 1.82) is 0 Å². The molecule has 0 N–H and O–H groups in total. The fourth-order valence-corrected chi connectivity index (χ4v) is 3.60. The molecular weight excluding hydrogens is 328 g/mol. The summed E-state index contributed by atoms with van der Waals surface area (Å²) in [5.41, 5.74) is 0. The Bertz CT molecular complexity index is 354. The van der Waals surface area contributed by atoms with E-state index in [0.29, 0.717) is 25.6 Å². The van der Waals surface area contributed by atoms with Gasteiger partial charge in [0.2, 0.25) is 0 Å². The van der Waals surface area contributed by atoms with Gasteiger partial charge >= 0.3 is 11.9 Å². The van der Waals surface area contributed by atoms with E-state index in [-0.39, 0.29) is 17.9 Å². The normalized spacial score (nSPS) is 13.2. The average Bonchev–Trinajstić information content (AvgIpc) is 2.62. The molecule has 154 valence electrons. The molecule has 2 atom stereocenters. The highest BCUT2D eigenvalue weighted by atomic mass is 16.5. The Morgan fingerprint density at radius 1 is 0.692 bits per heavy atom. The number of rotatable bonds is 17. The highest BCUT2D eigenvalue weighted by Gasteiger charge is 2.26. The largest absolute Gasteiger partial charge is 0.466 e. The van der Waals surface area contributed by atoms with E-state index in [1.165, 1.54) is 38.5 Å². The molecule has 2 unspecified atom stereocenters. The van der Waals surface area contributed by atoms with E-state index >= 15 is 0 Å². The molecule has 0 saturated carbocycles. The van der Waals surface area contributed by atoms with Gasteiger partial charge in [0.25, 0.3) is 0 Å². The van der Waals surface area contributed by atoms with Crippen molar-refractivity contribution in [3.05, 3.63) is 0 Å². The van der Waals surface area contributed by atoms with Gasteiger partial charge in [-0.1, -0.05) is 65.2 Å². The number of carbonyl (C=O) groups excluding carboxylic acids is 2. The molecule has 0 aliphatic rings. The third-order valence-electron chi connectivity index (χ3n) is 5.13. The highest BCUT2D eigenvalue weighted by Crippen LogP contribution is 2.26. The van der Waals surface area contributed by atoms with Crippen LogP contribution in [0, 0.1) is 11.8 Å². The van der Waals surface area contributed by atoms with Crippen LogP contribution in [0.2, 0.25) is 0 Å². The van der Waals surface area contributed by atoms with Crippen LogP contribution in [0.5, 0.6) is 0 Å². The minimum absolute atomic E-state index is 0.00957. The van der Waals surface area contributed by atoms with Gasteiger partial charge in [0.05, 0.1) is 19.1 Å². The zero-order valence-corrected chi connectivity index (χ0v) is 17.7. The van der Waals surface area contributed by atoms with Gasteiger partial charge < -0.3 is 9.47 Å². The molecule has 0 saturated heterocycles. The van der Waals surface area contributed by atoms with Crippen LogP contribution in [0.1, 0.15) is 105 Å². The molecule has 4 heteroatoms. The summed E-state index contributed by atoms with van der Waals surface area (Å²) >= 11 is 0. The molecule has 0 radical (unpaired) electrons. The molecule has 26 heavy (non-hydrogen) atoms. The number of hydrogen-bond acceptors (Lipinski definition) is 4. The van der Waals surface area contributed by atoms with E-state index in [1.807, 2.05) is 13.8 Å². The second-order valence-electron chi connectivity index (χ2n) is 7.11. The first kappa shape index (κ1) is 24.9. The van der Waals surface area contributed by atoms with Gasteiger partial charge in [-0.15, -0.1) is 0 Å². The minimum atomic E-state index is -0.0637. The number of carbonyl (C=O) groups is 2. The van der Waals surface area contributed by atoms with Crippen LogP contribution in [0.3, 0.4) is 0 Å². The Hall–Kier alpha value is -1.06.